The zero-order valence-electron chi connectivity index (χ0n) is 6.65. The lowest BCUT2D eigenvalue weighted by molar-refractivity contribution is 0.811. The molecule has 0 N–H and O–H groups in total. The molecule has 0 aromatic carbocycles. The van der Waals surface area contributed by atoms with Crippen molar-refractivity contribution in [3.63, 3.8) is 0 Å². The number of allylic oxidation sites excluding steroid dienone is 4. The molecule has 0 bridgehead atoms. The molecule has 0 radical (unpaired) electrons. The van der Waals surface area contributed by atoms with Crippen LogP contribution in [-0.4, -0.2) is 0 Å². The van der Waals surface area contributed by atoms with Crippen LogP contribution in [0.4, 0.5) is 0 Å². The first-order valence-corrected chi connectivity index (χ1v) is 5.22. The van der Waals surface area contributed by atoms with Crippen molar-refractivity contribution in [2.24, 2.45) is 5.92 Å². The van der Waals surface area contributed by atoms with E-state index in [0.29, 0.717) is 0 Å². The summed E-state index contributed by atoms with van der Waals surface area (Å²) in [7, 11) is 0. The molecule has 0 aliphatic heterocycles. The largest absolute Gasteiger partial charge is 0.0842 e. The molecule has 2 aliphatic carbocycles. The topological polar surface area (TPSA) is 0 Å². The van der Waals surface area contributed by atoms with Gasteiger partial charge in [0.15, 0.2) is 0 Å². The van der Waals surface area contributed by atoms with Crippen LogP contribution in [0, 0.1) is 5.92 Å². The first kappa shape index (κ1) is 7.60. The second-order valence-electron chi connectivity index (χ2n) is 3.44. The lowest BCUT2D eigenvalue weighted by atomic mass is 10.0. The van der Waals surface area contributed by atoms with Crippen LogP contribution in [0.1, 0.15) is 32.1 Å². The monoisotopic (exact) mass is 212 g/mol. The van der Waals surface area contributed by atoms with Gasteiger partial charge in [0.2, 0.25) is 0 Å². The van der Waals surface area contributed by atoms with E-state index in [1.165, 1.54) is 36.6 Å². The molecule has 1 heteroatoms. The highest BCUT2D eigenvalue weighted by atomic mass is 79.9. The van der Waals surface area contributed by atoms with Gasteiger partial charge < -0.3 is 0 Å². The van der Waals surface area contributed by atoms with Gasteiger partial charge in [0.25, 0.3) is 0 Å². The molecule has 2 aliphatic rings. The fourth-order valence-electron chi connectivity index (χ4n) is 1.52. The van der Waals surface area contributed by atoms with Crippen LogP contribution < -0.4 is 0 Å². The fraction of sp³-hybridized carbons (Fsp3) is 0.600. The maximum Gasteiger partial charge on any atom is 0.00135 e. The van der Waals surface area contributed by atoms with Crippen LogP contribution in [-0.2, 0) is 0 Å². The van der Waals surface area contributed by atoms with Gasteiger partial charge in [-0.1, -0.05) is 28.1 Å². The van der Waals surface area contributed by atoms with Crippen molar-refractivity contribution in [2.75, 3.05) is 0 Å². The van der Waals surface area contributed by atoms with Crippen LogP contribution in [0.5, 0.6) is 0 Å². The SMILES string of the molecule is BrC(=C1C=CCCC1)C1CC1. The summed E-state index contributed by atoms with van der Waals surface area (Å²) in [5.41, 5.74) is 1.55. The Morgan fingerprint density at radius 2 is 2.27 bits per heavy atom. The third kappa shape index (κ3) is 1.76. The summed E-state index contributed by atoms with van der Waals surface area (Å²) in [5.74, 6) is 0.882. The quantitative estimate of drug-likeness (QED) is 0.621. The van der Waals surface area contributed by atoms with Crippen LogP contribution >= 0.6 is 15.9 Å². The van der Waals surface area contributed by atoms with Gasteiger partial charge >= 0.3 is 0 Å². The van der Waals surface area contributed by atoms with Crippen LogP contribution in [0.2, 0.25) is 0 Å². The van der Waals surface area contributed by atoms with Crippen LogP contribution in [0.25, 0.3) is 0 Å². The molecule has 0 aromatic rings. The van der Waals surface area contributed by atoms with Crippen molar-refractivity contribution in [1.82, 2.24) is 0 Å². The first-order chi connectivity index (χ1) is 5.38. The maximum atomic E-state index is 3.69. The molecular weight excluding hydrogens is 200 g/mol. The lowest BCUT2D eigenvalue weighted by Gasteiger charge is -2.09. The fourth-order valence-corrected chi connectivity index (χ4v) is 2.31. The predicted octanol–water partition coefficient (Wildman–Crippen LogP) is 3.79. The molecule has 0 amide bonds. The maximum absolute atomic E-state index is 3.69. The minimum Gasteiger partial charge on any atom is -0.0842 e. The van der Waals surface area contributed by atoms with Crippen LogP contribution in [0.3, 0.4) is 0 Å². The van der Waals surface area contributed by atoms with E-state index >= 15 is 0 Å². The Morgan fingerprint density at radius 3 is 2.82 bits per heavy atom. The number of hydrogen-bond donors (Lipinski definition) is 0. The highest BCUT2D eigenvalue weighted by Crippen LogP contribution is 2.42. The summed E-state index contributed by atoms with van der Waals surface area (Å²) >= 11 is 3.69. The summed E-state index contributed by atoms with van der Waals surface area (Å²) in [6.07, 6.45) is 11.3. The third-order valence-corrected chi connectivity index (χ3v) is 3.54. The van der Waals surface area contributed by atoms with Gasteiger partial charge in [-0.2, -0.15) is 0 Å². The minimum absolute atomic E-state index is 0.882. The Labute approximate surface area is 76.5 Å². The van der Waals surface area contributed by atoms with E-state index in [1.807, 2.05) is 0 Å². The van der Waals surface area contributed by atoms with E-state index in [4.69, 9.17) is 0 Å². The molecule has 60 valence electrons. The van der Waals surface area contributed by atoms with Gasteiger partial charge in [0.1, 0.15) is 0 Å². The number of halogens is 1. The second kappa shape index (κ2) is 3.14. The van der Waals surface area contributed by atoms with Crippen molar-refractivity contribution < 1.29 is 0 Å². The standard InChI is InChI=1S/C10H13Br/c11-10(9-6-7-9)8-4-2-1-3-5-8/h2,4,9H,1,3,5-7H2. The molecule has 2 rings (SSSR count). The van der Waals surface area contributed by atoms with E-state index in [9.17, 15) is 0 Å². The summed E-state index contributed by atoms with van der Waals surface area (Å²) in [5, 5.41) is 0. The van der Waals surface area contributed by atoms with Gasteiger partial charge in [-0.15, -0.1) is 0 Å². The average Bonchev–Trinajstić information content (AvgIpc) is 2.87. The molecule has 0 nitrogen and oxygen atoms in total. The smallest absolute Gasteiger partial charge is 0.00135 e. The second-order valence-corrected chi connectivity index (χ2v) is 4.30. The van der Waals surface area contributed by atoms with Gasteiger partial charge in [0, 0.05) is 4.48 Å². The average molecular weight is 213 g/mol. The summed E-state index contributed by atoms with van der Waals surface area (Å²) in [4.78, 5) is 0. The molecule has 0 unspecified atom stereocenters. The third-order valence-electron chi connectivity index (χ3n) is 2.38. The van der Waals surface area contributed by atoms with Crippen molar-refractivity contribution in [1.29, 1.82) is 0 Å². The molecule has 0 heterocycles. The summed E-state index contributed by atoms with van der Waals surface area (Å²) in [6, 6.07) is 0. The number of hydrogen-bond acceptors (Lipinski definition) is 0. The molecule has 0 atom stereocenters. The van der Waals surface area contributed by atoms with Gasteiger partial charge in [-0.25, -0.2) is 0 Å². The Bertz CT molecular complexity index is 209. The number of rotatable bonds is 1. The Balaban J connectivity index is 2.15. The van der Waals surface area contributed by atoms with Crippen molar-refractivity contribution in [2.45, 2.75) is 32.1 Å². The summed E-state index contributed by atoms with van der Waals surface area (Å²) in [6.45, 7) is 0. The lowest BCUT2D eigenvalue weighted by Crippen LogP contribution is -1.90. The Kier molecular flexibility index (Phi) is 2.17. The normalized spacial score (nSPS) is 28.8. The van der Waals surface area contributed by atoms with Crippen molar-refractivity contribution in [3.8, 4) is 0 Å². The zero-order valence-corrected chi connectivity index (χ0v) is 8.23. The van der Waals surface area contributed by atoms with Crippen molar-refractivity contribution >= 4 is 15.9 Å². The van der Waals surface area contributed by atoms with Crippen LogP contribution in [0.15, 0.2) is 22.2 Å². The molecular formula is C10H13Br. The predicted molar refractivity (Wildman–Crippen MR) is 51.7 cm³/mol. The highest BCUT2D eigenvalue weighted by molar-refractivity contribution is 9.11. The van der Waals surface area contributed by atoms with Gasteiger partial charge in [-0.3, -0.25) is 0 Å². The van der Waals surface area contributed by atoms with Gasteiger partial charge in [0.05, 0.1) is 0 Å². The molecule has 1 saturated carbocycles. The summed E-state index contributed by atoms with van der Waals surface area (Å²) < 4.78 is 1.49. The zero-order chi connectivity index (χ0) is 7.68. The van der Waals surface area contributed by atoms with E-state index in [0.717, 1.165) is 5.92 Å². The molecule has 11 heavy (non-hydrogen) atoms. The Hall–Kier alpha value is -0.0400. The molecule has 0 spiro atoms. The minimum atomic E-state index is 0.882. The molecule has 1 fully saturated rings. The highest BCUT2D eigenvalue weighted by Gasteiger charge is 2.26. The molecule has 0 aromatic heterocycles. The Morgan fingerprint density at radius 1 is 1.45 bits per heavy atom. The van der Waals surface area contributed by atoms with Crippen molar-refractivity contribution in [3.05, 3.63) is 22.2 Å². The van der Waals surface area contributed by atoms with E-state index in [1.54, 1.807) is 5.57 Å². The van der Waals surface area contributed by atoms with E-state index in [2.05, 4.69) is 28.1 Å². The van der Waals surface area contributed by atoms with E-state index in [-0.39, 0.29) is 0 Å². The van der Waals surface area contributed by atoms with E-state index < -0.39 is 0 Å². The molecule has 0 saturated heterocycles. The van der Waals surface area contributed by atoms with Gasteiger partial charge in [-0.05, 0) is 43.6 Å². The first-order valence-electron chi connectivity index (χ1n) is 4.43.